The second-order valence-corrected chi connectivity index (χ2v) is 22.9. The van der Waals surface area contributed by atoms with Crippen molar-refractivity contribution < 1.29 is 39.8 Å². The topological polar surface area (TPSA) is 149 Å². The molecule has 0 saturated carbocycles. The Morgan fingerprint density at radius 2 is 0.787 bits per heavy atom. The molecule has 1 rings (SSSR count). The van der Waals surface area contributed by atoms with Gasteiger partial charge in [0.25, 0.3) is 0 Å². The van der Waals surface area contributed by atoms with Gasteiger partial charge in [-0.25, -0.2) is 0 Å². The van der Waals surface area contributed by atoms with Crippen molar-refractivity contribution in [3.63, 3.8) is 0 Å². The zero-order chi connectivity index (χ0) is 54.3. The molecule has 7 atom stereocenters. The smallest absolute Gasteiger partial charge is 0.220 e. The highest BCUT2D eigenvalue weighted by atomic mass is 16.7. The molecule has 9 nitrogen and oxygen atoms in total. The fourth-order valence-electron chi connectivity index (χ4n) is 10.5. The number of carbonyl (C=O) groups excluding carboxylic acids is 1. The Hall–Kier alpha value is -1.59. The highest BCUT2D eigenvalue weighted by Crippen LogP contribution is 2.23. The lowest BCUT2D eigenvalue weighted by Crippen LogP contribution is -2.60. The van der Waals surface area contributed by atoms with Crippen molar-refractivity contribution in [3.05, 3.63) is 36.5 Å². The van der Waals surface area contributed by atoms with Crippen LogP contribution < -0.4 is 5.32 Å². The van der Waals surface area contributed by atoms with Crippen LogP contribution >= 0.6 is 0 Å². The number of hydrogen-bond donors (Lipinski definition) is 6. The van der Waals surface area contributed by atoms with Crippen molar-refractivity contribution in [2.75, 3.05) is 13.2 Å². The predicted octanol–water partition coefficient (Wildman–Crippen LogP) is 17.1. The van der Waals surface area contributed by atoms with E-state index in [2.05, 4.69) is 43.5 Å². The van der Waals surface area contributed by atoms with Crippen LogP contribution in [0.4, 0.5) is 0 Å². The maximum atomic E-state index is 13.1. The molecule has 1 saturated heterocycles. The van der Waals surface area contributed by atoms with E-state index in [1.165, 1.54) is 257 Å². The van der Waals surface area contributed by atoms with Crippen molar-refractivity contribution in [1.29, 1.82) is 0 Å². The van der Waals surface area contributed by atoms with Crippen LogP contribution in [0.1, 0.15) is 322 Å². The first-order valence-corrected chi connectivity index (χ1v) is 32.7. The molecular weight excluding hydrogens is 935 g/mol. The minimum atomic E-state index is -1.57. The minimum absolute atomic E-state index is 0.174. The molecule has 75 heavy (non-hydrogen) atoms. The van der Waals surface area contributed by atoms with Gasteiger partial charge in [-0.15, -0.1) is 0 Å². The second-order valence-electron chi connectivity index (χ2n) is 22.9. The molecule has 0 bridgehead atoms. The Kier molecular flexibility index (Phi) is 53.1. The number of amides is 1. The zero-order valence-corrected chi connectivity index (χ0v) is 49.3. The normalized spacial score (nSPS) is 19.1. The highest BCUT2D eigenvalue weighted by molar-refractivity contribution is 5.76. The minimum Gasteiger partial charge on any atom is -0.394 e. The van der Waals surface area contributed by atoms with E-state index in [0.29, 0.717) is 6.42 Å². The molecule has 1 fully saturated rings. The Morgan fingerprint density at radius 3 is 1.15 bits per heavy atom. The van der Waals surface area contributed by atoms with Crippen LogP contribution in [-0.2, 0) is 14.3 Å². The van der Waals surface area contributed by atoms with Crippen molar-refractivity contribution in [1.82, 2.24) is 5.32 Å². The Morgan fingerprint density at radius 1 is 0.453 bits per heavy atom. The summed E-state index contributed by atoms with van der Waals surface area (Å²) in [6, 6.07) is -0.807. The quantitative estimate of drug-likeness (QED) is 0.0261. The summed E-state index contributed by atoms with van der Waals surface area (Å²) < 4.78 is 11.3. The van der Waals surface area contributed by atoms with Gasteiger partial charge in [0.2, 0.25) is 5.91 Å². The third kappa shape index (κ3) is 44.9. The van der Waals surface area contributed by atoms with Gasteiger partial charge in [0, 0.05) is 6.42 Å². The van der Waals surface area contributed by atoms with E-state index in [4.69, 9.17) is 9.47 Å². The van der Waals surface area contributed by atoms with E-state index in [9.17, 15) is 30.3 Å². The van der Waals surface area contributed by atoms with Gasteiger partial charge in [0.15, 0.2) is 6.29 Å². The Balaban J connectivity index is 2.17. The molecule has 0 spiro atoms. The molecular formula is C66H125NO8. The third-order valence-electron chi connectivity index (χ3n) is 15.7. The number of aliphatic hydroxyl groups excluding tert-OH is 5. The molecule has 442 valence electrons. The second kappa shape index (κ2) is 55.7. The lowest BCUT2D eigenvalue weighted by atomic mass is 9.99. The molecule has 6 N–H and O–H groups in total. The van der Waals surface area contributed by atoms with E-state index in [-0.39, 0.29) is 12.5 Å². The summed E-state index contributed by atoms with van der Waals surface area (Å²) in [4.78, 5) is 13.1. The average molecular weight is 1060 g/mol. The summed E-state index contributed by atoms with van der Waals surface area (Å²) in [5, 5.41) is 54.7. The Labute approximate surface area is 463 Å². The number of rotatable bonds is 57. The van der Waals surface area contributed by atoms with E-state index in [1.54, 1.807) is 6.08 Å². The summed E-state index contributed by atoms with van der Waals surface area (Å²) in [7, 11) is 0. The third-order valence-corrected chi connectivity index (χ3v) is 15.7. The van der Waals surface area contributed by atoms with Crippen molar-refractivity contribution >= 4 is 5.91 Å². The first-order valence-electron chi connectivity index (χ1n) is 32.7. The fraction of sp³-hybridized carbons (Fsp3) is 0.894. The summed E-state index contributed by atoms with van der Waals surface area (Å²) in [6.45, 7) is 3.82. The highest BCUT2D eigenvalue weighted by Gasteiger charge is 2.44. The van der Waals surface area contributed by atoms with Crippen LogP contribution in [0.15, 0.2) is 36.5 Å². The summed E-state index contributed by atoms with van der Waals surface area (Å²) in [6.07, 6.45) is 66.6. The van der Waals surface area contributed by atoms with Gasteiger partial charge in [-0.3, -0.25) is 4.79 Å². The molecule has 0 radical (unpaired) electrons. The van der Waals surface area contributed by atoms with Crippen molar-refractivity contribution in [2.45, 2.75) is 365 Å². The van der Waals surface area contributed by atoms with Gasteiger partial charge in [-0.1, -0.05) is 301 Å². The maximum absolute atomic E-state index is 13.1. The van der Waals surface area contributed by atoms with Gasteiger partial charge < -0.3 is 40.3 Å². The lowest BCUT2D eigenvalue weighted by molar-refractivity contribution is -0.302. The summed E-state index contributed by atoms with van der Waals surface area (Å²) >= 11 is 0. The van der Waals surface area contributed by atoms with Gasteiger partial charge in [0.1, 0.15) is 24.4 Å². The van der Waals surface area contributed by atoms with Gasteiger partial charge >= 0.3 is 0 Å². The van der Waals surface area contributed by atoms with Gasteiger partial charge in [-0.05, 0) is 51.4 Å². The molecule has 1 aliphatic rings. The number of allylic oxidation sites excluding steroid dienone is 5. The van der Waals surface area contributed by atoms with E-state index in [0.717, 1.165) is 44.9 Å². The number of unbranched alkanes of at least 4 members (excludes halogenated alkanes) is 43. The van der Waals surface area contributed by atoms with Gasteiger partial charge in [-0.2, -0.15) is 0 Å². The first-order chi connectivity index (χ1) is 36.8. The van der Waals surface area contributed by atoms with Crippen LogP contribution in [0.25, 0.3) is 0 Å². The van der Waals surface area contributed by atoms with Crippen LogP contribution in [-0.4, -0.2) is 87.5 Å². The number of ether oxygens (including phenoxy) is 2. The number of aliphatic hydroxyl groups is 5. The van der Waals surface area contributed by atoms with Crippen LogP contribution in [0.3, 0.4) is 0 Å². The first kappa shape index (κ1) is 71.4. The lowest BCUT2D eigenvalue weighted by Gasteiger charge is -2.40. The van der Waals surface area contributed by atoms with Crippen LogP contribution in [0, 0.1) is 0 Å². The molecule has 0 aliphatic carbocycles. The van der Waals surface area contributed by atoms with Crippen molar-refractivity contribution in [3.8, 4) is 0 Å². The predicted molar refractivity (Wildman–Crippen MR) is 318 cm³/mol. The Bertz CT molecular complexity index is 1270. The SMILES string of the molecule is CCCCCCCCCCC/C=C\C/C=C\CCCCCCCCCCCCCC(=O)NC(COC1OC(CO)C(O)C(O)C1O)C(O)/C=C/CCCCCCCCCCCCCCCCCCCCCCCCC. The molecule has 0 aromatic heterocycles. The summed E-state index contributed by atoms with van der Waals surface area (Å²) in [5.41, 5.74) is 0. The number of hydrogen-bond acceptors (Lipinski definition) is 8. The molecule has 9 heteroatoms. The van der Waals surface area contributed by atoms with Crippen molar-refractivity contribution in [2.24, 2.45) is 0 Å². The number of nitrogens with one attached hydrogen (secondary N) is 1. The van der Waals surface area contributed by atoms with Crippen LogP contribution in [0.5, 0.6) is 0 Å². The van der Waals surface area contributed by atoms with Gasteiger partial charge in [0.05, 0.1) is 25.4 Å². The maximum Gasteiger partial charge on any atom is 0.220 e. The average Bonchev–Trinajstić information content (AvgIpc) is 3.41. The van der Waals surface area contributed by atoms with Crippen LogP contribution in [0.2, 0.25) is 0 Å². The molecule has 0 aromatic rings. The number of carbonyl (C=O) groups is 1. The standard InChI is InChI=1S/C66H125NO8/c1-3-5-7-9-11-13-15-17-19-21-23-25-27-29-30-32-34-36-38-40-42-44-46-48-50-52-54-56-62(70)67-59(58-74-66-65(73)64(72)63(71)61(57-68)75-66)60(69)55-53-51-49-47-45-43-41-39-37-35-33-31-28-26-24-22-20-18-16-14-12-10-8-6-4-2/h23,25,29-30,53,55,59-61,63-66,68-69,71-73H,3-22,24,26-28,31-52,54,56-58H2,1-2H3,(H,67,70)/b25-23-,30-29-,55-53+. The van der Waals surface area contributed by atoms with E-state index >= 15 is 0 Å². The summed E-state index contributed by atoms with van der Waals surface area (Å²) in [5.74, 6) is -0.174. The molecule has 1 aliphatic heterocycles. The molecule has 0 aromatic carbocycles. The fourth-order valence-corrected chi connectivity index (χ4v) is 10.5. The molecule has 7 unspecified atom stereocenters. The molecule has 1 heterocycles. The largest absolute Gasteiger partial charge is 0.394 e. The molecule has 1 amide bonds. The van der Waals surface area contributed by atoms with E-state index in [1.807, 2.05) is 6.08 Å². The monoisotopic (exact) mass is 1060 g/mol. The van der Waals surface area contributed by atoms with E-state index < -0.39 is 49.5 Å². The zero-order valence-electron chi connectivity index (χ0n) is 49.3.